The Kier molecular flexibility index (Phi) is 3.84. The molecule has 0 unspecified atom stereocenters. The number of aromatic nitrogens is 3. The summed E-state index contributed by atoms with van der Waals surface area (Å²) in [4.78, 5) is 19.3. The Bertz CT molecular complexity index is 798. The van der Waals surface area contributed by atoms with E-state index in [1.165, 1.54) is 12.1 Å². The number of nitrogens with zero attached hydrogens (tertiary/aromatic N) is 3. The zero-order chi connectivity index (χ0) is 15.5. The number of alkyl halides is 1. The third-order valence-corrected chi connectivity index (χ3v) is 3.30. The molecule has 3 aromatic rings. The zero-order valence-electron chi connectivity index (χ0n) is 11.2. The maximum Gasteiger partial charge on any atom is 0.335 e. The lowest BCUT2D eigenvalue weighted by Crippen LogP contribution is -1.95. The van der Waals surface area contributed by atoms with E-state index in [4.69, 9.17) is 21.2 Å². The van der Waals surface area contributed by atoms with Gasteiger partial charge < -0.3 is 9.63 Å². The van der Waals surface area contributed by atoms with Crippen LogP contribution in [0.15, 0.2) is 47.1 Å². The summed E-state index contributed by atoms with van der Waals surface area (Å²) in [7, 11) is 0. The minimum Gasteiger partial charge on any atom is -0.478 e. The van der Waals surface area contributed by atoms with Gasteiger partial charge in [0.25, 0.3) is 5.89 Å². The average molecular weight is 316 g/mol. The van der Waals surface area contributed by atoms with Crippen LogP contribution in [0.3, 0.4) is 0 Å². The van der Waals surface area contributed by atoms with Crippen LogP contribution in [-0.2, 0) is 5.88 Å². The lowest BCUT2D eigenvalue weighted by Gasteiger charge is -1.96. The molecule has 0 atom stereocenters. The van der Waals surface area contributed by atoms with Gasteiger partial charge in [0.05, 0.1) is 22.7 Å². The molecule has 1 aromatic carbocycles. The summed E-state index contributed by atoms with van der Waals surface area (Å²) in [6.07, 6.45) is 1.61. The molecular formula is C15H10ClN3O3. The standard InChI is InChI=1S/C15H10ClN3O3/c16-7-12-6-5-11(8-17-12)14-18-13(19-22-14)9-1-3-10(4-2-9)15(20)21/h1-6,8H,7H2,(H,20,21). The van der Waals surface area contributed by atoms with Gasteiger partial charge in [0.1, 0.15) is 0 Å². The largest absolute Gasteiger partial charge is 0.478 e. The molecule has 0 amide bonds. The van der Waals surface area contributed by atoms with Crippen molar-refractivity contribution in [3.63, 3.8) is 0 Å². The average Bonchev–Trinajstić information content (AvgIpc) is 3.05. The number of rotatable bonds is 4. The third kappa shape index (κ3) is 2.82. The first-order valence-electron chi connectivity index (χ1n) is 6.36. The fourth-order valence-corrected chi connectivity index (χ4v) is 2.01. The van der Waals surface area contributed by atoms with Crippen molar-refractivity contribution in [2.45, 2.75) is 5.88 Å². The van der Waals surface area contributed by atoms with Gasteiger partial charge >= 0.3 is 5.97 Å². The van der Waals surface area contributed by atoms with Crippen LogP contribution in [0.4, 0.5) is 0 Å². The van der Waals surface area contributed by atoms with Gasteiger partial charge in [-0.25, -0.2) is 4.79 Å². The van der Waals surface area contributed by atoms with E-state index >= 15 is 0 Å². The van der Waals surface area contributed by atoms with Crippen LogP contribution in [0.2, 0.25) is 0 Å². The summed E-state index contributed by atoms with van der Waals surface area (Å²) < 4.78 is 5.21. The van der Waals surface area contributed by atoms with Gasteiger partial charge in [-0.15, -0.1) is 11.6 Å². The summed E-state index contributed by atoms with van der Waals surface area (Å²) in [5.74, 6) is 0.0794. The first kappa shape index (κ1) is 14.2. The molecule has 7 heteroatoms. The monoisotopic (exact) mass is 315 g/mol. The molecule has 0 saturated carbocycles. The minimum absolute atomic E-state index is 0.202. The normalized spacial score (nSPS) is 10.6. The second-order valence-corrected chi connectivity index (χ2v) is 4.74. The van der Waals surface area contributed by atoms with Gasteiger partial charge in [-0.1, -0.05) is 17.3 Å². The maximum absolute atomic E-state index is 10.8. The van der Waals surface area contributed by atoms with Crippen LogP contribution >= 0.6 is 11.6 Å². The number of aromatic carboxylic acids is 1. The van der Waals surface area contributed by atoms with Crippen LogP contribution < -0.4 is 0 Å². The Balaban J connectivity index is 1.87. The second kappa shape index (κ2) is 5.95. The molecule has 0 spiro atoms. The molecule has 0 aliphatic carbocycles. The second-order valence-electron chi connectivity index (χ2n) is 4.48. The van der Waals surface area contributed by atoms with Crippen LogP contribution in [0.5, 0.6) is 0 Å². The van der Waals surface area contributed by atoms with Crippen molar-refractivity contribution in [3.8, 4) is 22.8 Å². The highest BCUT2D eigenvalue weighted by molar-refractivity contribution is 6.16. The number of pyridine rings is 1. The summed E-state index contributed by atoms with van der Waals surface area (Å²) in [6, 6.07) is 9.83. The van der Waals surface area contributed by atoms with Crippen molar-refractivity contribution in [2.24, 2.45) is 0 Å². The number of carboxylic acids is 1. The number of hydrogen-bond acceptors (Lipinski definition) is 5. The number of halogens is 1. The fourth-order valence-electron chi connectivity index (χ4n) is 1.85. The van der Waals surface area contributed by atoms with Crippen molar-refractivity contribution in [3.05, 3.63) is 53.9 Å². The Labute approximate surface area is 130 Å². The van der Waals surface area contributed by atoms with Crippen LogP contribution in [0, 0.1) is 0 Å². The molecule has 0 saturated heterocycles. The molecule has 110 valence electrons. The van der Waals surface area contributed by atoms with E-state index in [-0.39, 0.29) is 5.56 Å². The molecule has 3 rings (SSSR count). The molecule has 0 aliphatic rings. The zero-order valence-corrected chi connectivity index (χ0v) is 12.0. The molecule has 0 fully saturated rings. The summed E-state index contributed by atoms with van der Waals surface area (Å²) in [5.41, 5.74) is 2.32. The Hall–Kier alpha value is -2.73. The Morgan fingerprint density at radius 1 is 1.14 bits per heavy atom. The summed E-state index contributed by atoms with van der Waals surface area (Å²) >= 11 is 5.69. The fraction of sp³-hybridized carbons (Fsp3) is 0.0667. The highest BCUT2D eigenvalue weighted by Crippen LogP contribution is 2.22. The number of benzene rings is 1. The van der Waals surface area contributed by atoms with Crippen molar-refractivity contribution in [1.29, 1.82) is 0 Å². The van der Waals surface area contributed by atoms with Crippen LogP contribution in [0.1, 0.15) is 16.1 Å². The third-order valence-electron chi connectivity index (χ3n) is 3.02. The predicted octanol–water partition coefficient (Wildman–Crippen LogP) is 3.24. The molecular weight excluding hydrogens is 306 g/mol. The number of hydrogen-bond donors (Lipinski definition) is 1. The van der Waals surface area contributed by atoms with E-state index in [1.807, 2.05) is 0 Å². The highest BCUT2D eigenvalue weighted by atomic mass is 35.5. The number of carboxylic acid groups (broad SMARTS) is 1. The first-order chi connectivity index (χ1) is 10.7. The molecule has 6 nitrogen and oxygen atoms in total. The molecule has 0 aliphatic heterocycles. The van der Waals surface area contributed by atoms with E-state index in [2.05, 4.69) is 15.1 Å². The van der Waals surface area contributed by atoms with Gasteiger partial charge in [0, 0.05) is 11.8 Å². The SMILES string of the molecule is O=C(O)c1ccc(-c2noc(-c3ccc(CCl)nc3)n2)cc1. The van der Waals surface area contributed by atoms with Gasteiger partial charge in [0.15, 0.2) is 0 Å². The Morgan fingerprint density at radius 3 is 2.45 bits per heavy atom. The molecule has 0 bridgehead atoms. The lowest BCUT2D eigenvalue weighted by atomic mass is 10.1. The van der Waals surface area contributed by atoms with E-state index in [0.29, 0.717) is 28.7 Å². The van der Waals surface area contributed by atoms with Crippen LogP contribution in [-0.4, -0.2) is 26.2 Å². The lowest BCUT2D eigenvalue weighted by molar-refractivity contribution is 0.0697. The van der Waals surface area contributed by atoms with Gasteiger partial charge in [-0.05, 0) is 24.3 Å². The molecule has 22 heavy (non-hydrogen) atoms. The van der Waals surface area contributed by atoms with E-state index in [9.17, 15) is 4.79 Å². The smallest absolute Gasteiger partial charge is 0.335 e. The quantitative estimate of drug-likeness (QED) is 0.743. The molecule has 0 radical (unpaired) electrons. The highest BCUT2D eigenvalue weighted by Gasteiger charge is 2.11. The summed E-state index contributed by atoms with van der Waals surface area (Å²) in [5, 5.41) is 12.8. The van der Waals surface area contributed by atoms with Gasteiger partial charge in [-0.2, -0.15) is 4.98 Å². The summed E-state index contributed by atoms with van der Waals surface area (Å²) in [6.45, 7) is 0. The molecule has 1 N–H and O–H groups in total. The molecule has 2 aromatic heterocycles. The maximum atomic E-state index is 10.8. The Morgan fingerprint density at radius 2 is 1.86 bits per heavy atom. The van der Waals surface area contributed by atoms with E-state index in [1.54, 1.807) is 30.5 Å². The van der Waals surface area contributed by atoms with Crippen molar-refractivity contribution >= 4 is 17.6 Å². The first-order valence-corrected chi connectivity index (χ1v) is 6.89. The topological polar surface area (TPSA) is 89.1 Å². The van der Waals surface area contributed by atoms with Crippen molar-refractivity contribution in [1.82, 2.24) is 15.1 Å². The van der Waals surface area contributed by atoms with Crippen molar-refractivity contribution in [2.75, 3.05) is 0 Å². The molecule has 2 heterocycles. The van der Waals surface area contributed by atoms with Crippen LogP contribution in [0.25, 0.3) is 22.8 Å². The van der Waals surface area contributed by atoms with Gasteiger partial charge in [0.2, 0.25) is 5.82 Å². The predicted molar refractivity (Wildman–Crippen MR) is 79.5 cm³/mol. The van der Waals surface area contributed by atoms with Gasteiger partial charge in [-0.3, -0.25) is 4.98 Å². The minimum atomic E-state index is -0.981. The number of carbonyl (C=O) groups is 1. The van der Waals surface area contributed by atoms with Crippen molar-refractivity contribution < 1.29 is 14.4 Å². The van der Waals surface area contributed by atoms with E-state index < -0.39 is 5.97 Å². The van der Waals surface area contributed by atoms with E-state index in [0.717, 1.165) is 5.69 Å².